The zero-order valence-corrected chi connectivity index (χ0v) is 14.9. The van der Waals surface area contributed by atoms with Gasteiger partial charge < -0.3 is 19.9 Å². The lowest BCUT2D eigenvalue weighted by Gasteiger charge is -2.33. The van der Waals surface area contributed by atoms with E-state index in [-0.39, 0.29) is 10.8 Å². The molecular weight excluding hydrogens is 391 g/mol. The van der Waals surface area contributed by atoms with Crippen molar-refractivity contribution in [2.45, 2.75) is 24.7 Å². The van der Waals surface area contributed by atoms with E-state index in [1.165, 1.54) is 14.2 Å². The Morgan fingerprint density at radius 3 is 2.56 bits per heavy atom. The number of hydrogen-bond donors (Lipinski definition) is 2. The summed E-state index contributed by atoms with van der Waals surface area (Å²) in [7, 11) is 2.86. The predicted octanol–water partition coefficient (Wildman–Crippen LogP) is 3.91. The summed E-state index contributed by atoms with van der Waals surface area (Å²) in [5.41, 5.74) is -0.135. The highest BCUT2D eigenvalue weighted by Crippen LogP contribution is 2.47. The number of anilines is 1. The minimum absolute atomic E-state index is 0.192. The molecule has 1 aliphatic heterocycles. The van der Waals surface area contributed by atoms with Crippen LogP contribution in [0.25, 0.3) is 0 Å². The number of halogens is 4. The summed E-state index contributed by atoms with van der Waals surface area (Å²) in [6.07, 6.45) is -5.04. The fourth-order valence-electron chi connectivity index (χ4n) is 3.01. The second kappa shape index (κ2) is 6.84. The van der Waals surface area contributed by atoms with Gasteiger partial charge in [0.05, 0.1) is 20.3 Å². The smallest absolute Gasteiger partial charge is 0.410 e. The molecule has 0 aliphatic carbocycles. The van der Waals surface area contributed by atoms with E-state index in [2.05, 4.69) is 10.4 Å². The lowest BCUT2D eigenvalue weighted by atomic mass is 9.96. The summed E-state index contributed by atoms with van der Waals surface area (Å²) in [5.74, 6) is -0.910. The van der Waals surface area contributed by atoms with Crippen LogP contribution >= 0.6 is 11.6 Å². The maximum Gasteiger partial charge on any atom is 0.410 e. The van der Waals surface area contributed by atoms with Crippen LogP contribution in [0.3, 0.4) is 0 Å². The summed E-state index contributed by atoms with van der Waals surface area (Å²) >= 11 is 5.97. The molecule has 0 fully saturated rings. The summed E-state index contributed by atoms with van der Waals surface area (Å²) < 4.78 is 51.7. The number of alkyl halides is 3. The van der Waals surface area contributed by atoms with Gasteiger partial charge in [-0.3, -0.25) is 0 Å². The maximum absolute atomic E-state index is 13.6. The van der Waals surface area contributed by atoms with Crippen LogP contribution < -0.4 is 14.8 Å². The van der Waals surface area contributed by atoms with Crippen molar-refractivity contribution < 1.29 is 32.5 Å². The minimum Gasteiger partial charge on any atom is -0.493 e. The molecule has 2 N–H and O–H groups in total. The maximum atomic E-state index is 13.6. The van der Waals surface area contributed by atoms with Crippen molar-refractivity contribution in [2.24, 2.45) is 0 Å². The number of ether oxygens (including phenoxy) is 2. The first-order valence-corrected chi connectivity index (χ1v) is 8.11. The van der Waals surface area contributed by atoms with Gasteiger partial charge in [0, 0.05) is 6.42 Å². The third kappa shape index (κ3) is 3.36. The summed E-state index contributed by atoms with van der Waals surface area (Å²) in [6, 6.07) is 1.92. The Labute approximate surface area is 156 Å². The Kier molecular flexibility index (Phi) is 4.85. The van der Waals surface area contributed by atoms with Crippen LogP contribution in [-0.2, 0) is 0 Å². The molecule has 0 saturated carbocycles. The predicted molar refractivity (Wildman–Crippen MR) is 89.8 cm³/mol. The van der Waals surface area contributed by atoms with Gasteiger partial charge in [0.2, 0.25) is 0 Å². The highest BCUT2D eigenvalue weighted by molar-refractivity contribution is 6.35. The Hall–Kier alpha value is -2.62. The van der Waals surface area contributed by atoms with Crippen molar-refractivity contribution in [2.75, 3.05) is 19.5 Å². The molecule has 0 radical (unpaired) electrons. The van der Waals surface area contributed by atoms with Crippen LogP contribution in [0.1, 0.15) is 34.6 Å². The van der Waals surface area contributed by atoms with Gasteiger partial charge in [0.25, 0.3) is 0 Å². The van der Waals surface area contributed by atoms with E-state index in [1.54, 1.807) is 18.2 Å². The molecular formula is C16H15ClF3N3O4. The molecule has 0 spiro atoms. The van der Waals surface area contributed by atoms with E-state index >= 15 is 0 Å². The van der Waals surface area contributed by atoms with Gasteiger partial charge in [0.15, 0.2) is 23.2 Å². The second-order valence-electron chi connectivity index (χ2n) is 5.87. The Bertz CT molecular complexity index is 885. The molecule has 0 unspecified atom stereocenters. The van der Waals surface area contributed by atoms with Gasteiger partial charge >= 0.3 is 12.1 Å². The van der Waals surface area contributed by atoms with Crippen LogP contribution in [0.5, 0.6) is 11.5 Å². The van der Waals surface area contributed by atoms with Crippen LogP contribution in [0, 0.1) is 0 Å². The highest BCUT2D eigenvalue weighted by atomic mass is 35.5. The summed E-state index contributed by atoms with van der Waals surface area (Å²) in [6.45, 7) is 0. The largest absolute Gasteiger partial charge is 0.493 e. The van der Waals surface area contributed by atoms with Crippen molar-refractivity contribution in [1.82, 2.24) is 9.78 Å². The molecule has 1 aromatic carbocycles. The van der Waals surface area contributed by atoms with Gasteiger partial charge in [-0.2, -0.15) is 18.3 Å². The van der Waals surface area contributed by atoms with Crippen molar-refractivity contribution in [3.8, 4) is 11.5 Å². The average molecular weight is 406 g/mol. The van der Waals surface area contributed by atoms with Gasteiger partial charge in [-0.1, -0.05) is 17.7 Å². The number of carbonyl (C=O) groups is 1. The van der Waals surface area contributed by atoms with Crippen molar-refractivity contribution in [1.29, 1.82) is 0 Å². The van der Waals surface area contributed by atoms with Gasteiger partial charge in [0.1, 0.15) is 10.8 Å². The molecule has 11 heteroatoms. The van der Waals surface area contributed by atoms with E-state index < -0.39 is 36.3 Å². The number of carboxylic acids is 1. The number of aromatic nitrogens is 2. The van der Waals surface area contributed by atoms with Crippen LogP contribution in [0.15, 0.2) is 18.2 Å². The van der Waals surface area contributed by atoms with E-state index in [1.807, 2.05) is 0 Å². The molecule has 2 heterocycles. The van der Waals surface area contributed by atoms with Crippen molar-refractivity contribution in [3.05, 3.63) is 34.5 Å². The first-order chi connectivity index (χ1) is 12.7. The molecule has 2 atom stereocenters. The second-order valence-corrected chi connectivity index (χ2v) is 6.24. The fraction of sp³-hybridized carbons (Fsp3) is 0.375. The lowest BCUT2D eigenvalue weighted by molar-refractivity contribution is -0.173. The van der Waals surface area contributed by atoms with Crippen LogP contribution in [0.4, 0.5) is 19.0 Å². The Balaban J connectivity index is 2.07. The Morgan fingerprint density at radius 1 is 1.33 bits per heavy atom. The van der Waals surface area contributed by atoms with Crippen LogP contribution in [0.2, 0.25) is 5.02 Å². The van der Waals surface area contributed by atoms with E-state index in [4.69, 9.17) is 26.2 Å². The zero-order valence-electron chi connectivity index (χ0n) is 14.2. The minimum atomic E-state index is -4.64. The SMILES string of the molecule is COc1ccc([C@H]2C[C@H](C(F)(F)F)n3nc(C(=O)O)c(Cl)c3N2)cc1OC. The average Bonchev–Trinajstić information content (AvgIpc) is 2.96. The molecule has 0 bridgehead atoms. The lowest BCUT2D eigenvalue weighted by Crippen LogP contribution is -2.35. The van der Waals surface area contributed by atoms with E-state index in [9.17, 15) is 18.0 Å². The van der Waals surface area contributed by atoms with Gasteiger partial charge in [-0.05, 0) is 17.7 Å². The number of fused-ring (bicyclic) bond motifs is 1. The third-order valence-corrected chi connectivity index (χ3v) is 4.67. The topological polar surface area (TPSA) is 85.6 Å². The molecule has 0 amide bonds. The number of aromatic carboxylic acids is 1. The molecule has 146 valence electrons. The molecule has 1 aromatic heterocycles. The molecule has 2 aromatic rings. The standard InChI is InChI=1S/C16H15ClF3N3O4/c1-26-9-4-3-7(5-10(9)27-2)8-6-11(16(18,19)20)23-14(21-8)12(17)13(22-23)15(24)25/h3-5,8,11,21H,6H2,1-2H3,(H,24,25)/t8-,11-/m1/s1. The quantitative estimate of drug-likeness (QED) is 0.802. The highest BCUT2D eigenvalue weighted by Gasteiger charge is 2.48. The van der Waals surface area contributed by atoms with E-state index in [0.717, 1.165) is 0 Å². The number of methoxy groups -OCH3 is 2. The summed E-state index contributed by atoms with van der Waals surface area (Å²) in [4.78, 5) is 11.2. The first-order valence-electron chi connectivity index (χ1n) is 7.73. The molecule has 0 saturated heterocycles. The number of carboxylic acid groups (broad SMARTS) is 1. The third-order valence-electron chi connectivity index (χ3n) is 4.31. The number of hydrogen-bond acceptors (Lipinski definition) is 5. The molecule has 1 aliphatic rings. The number of rotatable bonds is 4. The van der Waals surface area contributed by atoms with Crippen LogP contribution in [-0.4, -0.2) is 41.3 Å². The molecule has 27 heavy (non-hydrogen) atoms. The zero-order chi connectivity index (χ0) is 19.9. The van der Waals surface area contributed by atoms with Crippen molar-refractivity contribution in [3.63, 3.8) is 0 Å². The Morgan fingerprint density at radius 2 is 2.00 bits per heavy atom. The monoisotopic (exact) mass is 405 g/mol. The molecule has 7 nitrogen and oxygen atoms in total. The van der Waals surface area contributed by atoms with E-state index in [0.29, 0.717) is 21.7 Å². The number of nitrogens with zero attached hydrogens (tertiary/aromatic N) is 2. The van der Waals surface area contributed by atoms with Crippen molar-refractivity contribution >= 4 is 23.4 Å². The normalized spacial score (nSPS) is 19.2. The number of benzene rings is 1. The number of nitrogens with one attached hydrogen (secondary N) is 1. The van der Waals surface area contributed by atoms with Gasteiger partial charge in [-0.25, -0.2) is 9.48 Å². The first kappa shape index (κ1) is 19.2. The molecule has 3 rings (SSSR count). The summed E-state index contributed by atoms with van der Waals surface area (Å²) in [5, 5.41) is 15.1. The van der Waals surface area contributed by atoms with Gasteiger partial charge in [-0.15, -0.1) is 0 Å². The fourth-order valence-corrected chi connectivity index (χ4v) is 3.27.